The van der Waals surface area contributed by atoms with Crippen LogP contribution in [0.5, 0.6) is 5.75 Å². The monoisotopic (exact) mass is 291 g/mol. The summed E-state index contributed by atoms with van der Waals surface area (Å²) in [6.07, 6.45) is 1.03. The summed E-state index contributed by atoms with van der Waals surface area (Å²) in [5.41, 5.74) is 7.54. The molecule has 1 heterocycles. The van der Waals surface area contributed by atoms with Crippen LogP contribution in [0.25, 0.3) is 0 Å². The van der Waals surface area contributed by atoms with Gasteiger partial charge in [-0.2, -0.15) is 0 Å². The highest BCUT2D eigenvalue weighted by Crippen LogP contribution is 2.18. The molecule has 4 heteroatoms. The van der Waals surface area contributed by atoms with Crippen LogP contribution in [-0.4, -0.2) is 55.7 Å². The van der Waals surface area contributed by atoms with Gasteiger partial charge in [-0.3, -0.25) is 4.90 Å². The second kappa shape index (κ2) is 8.37. The highest BCUT2D eigenvalue weighted by Gasteiger charge is 2.18. The van der Waals surface area contributed by atoms with Gasteiger partial charge < -0.3 is 15.4 Å². The van der Waals surface area contributed by atoms with Crippen LogP contribution in [0.1, 0.15) is 31.9 Å². The molecule has 1 aliphatic heterocycles. The Morgan fingerprint density at radius 1 is 1.05 bits per heavy atom. The third-order valence-electron chi connectivity index (χ3n) is 4.15. The maximum absolute atomic E-state index is 6.35. The molecule has 21 heavy (non-hydrogen) atoms. The summed E-state index contributed by atoms with van der Waals surface area (Å²) in [6.45, 7) is 11.8. The van der Waals surface area contributed by atoms with E-state index in [1.165, 1.54) is 5.56 Å². The maximum Gasteiger partial charge on any atom is 0.119 e. The Morgan fingerprint density at radius 3 is 2.24 bits per heavy atom. The number of nitrogens with two attached hydrogens (primary N) is 1. The summed E-state index contributed by atoms with van der Waals surface area (Å²) in [6, 6.07) is 8.33. The van der Waals surface area contributed by atoms with Crippen molar-refractivity contribution >= 4 is 0 Å². The van der Waals surface area contributed by atoms with Crippen LogP contribution in [0, 0.1) is 0 Å². The zero-order valence-electron chi connectivity index (χ0n) is 13.4. The van der Waals surface area contributed by atoms with E-state index in [4.69, 9.17) is 10.5 Å². The Morgan fingerprint density at radius 2 is 1.67 bits per heavy atom. The molecule has 1 aromatic carbocycles. The number of likely N-dealkylation sites (N-methyl/N-ethyl adjacent to an activating group) is 1. The molecule has 4 nitrogen and oxygen atoms in total. The minimum absolute atomic E-state index is 0.0819. The molecule has 0 saturated carbocycles. The van der Waals surface area contributed by atoms with Gasteiger partial charge in [-0.25, -0.2) is 0 Å². The number of ether oxygens (including phenoxy) is 1. The van der Waals surface area contributed by atoms with Crippen molar-refractivity contribution < 1.29 is 4.74 Å². The van der Waals surface area contributed by atoms with Crippen molar-refractivity contribution in [3.05, 3.63) is 29.8 Å². The molecule has 2 N–H and O–H groups in total. The number of rotatable bonds is 7. The molecule has 1 unspecified atom stereocenters. The third-order valence-corrected chi connectivity index (χ3v) is 4.15. The van der Waals surface area contributed by atoms with Gasteiger partial charge in [-0.05, 0) is 30.7 Å². The molecule has 1 atom stereocenters. The van der Waals surface area contributed by atoms with Crippen molar-refractivity contribution in [2.24, 2.45) is 5.73 Å². The number of hydrogen-bond donors (Lipinski definition) is 1. The molecule has 1 fully saturated rings. The highest BCUT2D eigenvalue weighted by molar-refractivity contribution is 5.29. The number of nitrogens with zero attached hydrogens (tertiary/aromatic N) is 2. The molecule has 1 aliphatic rings. The first-order valence-electron chi connectivity index (χ1n) is 8.16. The Kier molecular flexibility index (Phi) is 6.49. The van der Waals surface area contributed by atoms with Crippen molar-refractivity contribution in [3.63, 3.8) is 0 Å². The molecule has 0 aliphatic carbocycles. The summed E-state index contributed by atoms with van der Waals surface area (Å²) in [5, 5.41) is 0. The van der Waals surface area contributed by atoms with Crippen molar-refractivity contribution in [1.82, 2.24) is 9.80 Å². The lowest BCUT2D eigenvalue weighted by molar-refractivity contribution is 0.131. The fourth-order valence-corrected chi connectivity index (χ4v) is 2.70. The molecule has 2 rings (SSSR count). The first-order valence-corrected chi connectivity index (χ1v) is 8.16. The van der Waals surface area contributed by atoms with E-state index in [-0.39, 0.29) is 6.04 Å². The fourth-order valence-electron chi connectivity index (χ4n) is 2.70. The predicted octanol–water partition coefficient (Wildman–Crippen LogP) is 2.11. The minimum Gasteiger partial charge on any atom is -0.494 e. The topological polar surface area (TPSA) is 41.7 Å². The van der Waals surface area contributed by atoms with E-state index in [1.54, 1.807) is 0 Å². The average Bonchev–Trinajstić information content (AvgIpc) is 2.54. The van der Waals surface area contributed by atoms with Crippen molar-refractivity contribution in [3.8, 4) is 5.75 Å². The zero-order valence-corrected chi connectivity index (χ0v) is 13.4. The third kappa shape index (κ3) is 4.99. The fraction of sp³-hybridized carbons (Fsp3) is 0.647. The minimum atomic E-state index is 0.0819. The molecular weight excluding hydrogens is 262 g/mol. The van der Waals surface area contributed by atoms with Gasteiger partial charge in [0.2, 0.25) is 0 Å². The van der Waals surface area contributed by atoms with E-state index < -0.39 is 0 Å². The largest absolute Gasteiger partial charge is 0.494 e. The van der Waals surface area contributed by atoms with Crippen LogP contribution < -0.4 is 10.5 Å². The predicted molar refractivity (Wildman–Crippen MR) is 87.7 cm³/mol. The summed E-state index contributed by atoms with van der Waals surface area (Å²) >= 11 is 0. The normalized spacial score (nSPS) is 18.6. The lowest BCUT2D eigenvalue weighted by atomic mass is 10.1. The first-order chi connectivity index (χ1) is 10.2. The van der Waals surface area contributed by atoms with Gasteiger partial charge in [-0.1, -0.05) is 26.0 Å². The number of piperazine rings is 1. The second-order valence-corrected chi connectivity index (χ2v) is 5.76. The van der Waals surface area contributed by atoms with E-state index in [2.05, 4.69) is 35.8 Å². The molecule has 1 aromatic rings. The van der Waals surface area contributed by atoms with Crippen LogP contribution in [0.15, 0.2) is 24.3 Å². The average molecular weight is 291 g/mol. The van der Waals surface area contributed by atoms with Gasteiger partial charge in [0.25, 0.3) is 0 Å². The lowest BCUT2D eigenvalue weighted by Crippen LogP contribution is -2.48. The molecule has 0 amide bonds. The van der Waals surface area contributed by atoms with Gasteiger partial charge in [-0.15, -0.1) is 0 Å². The van der Waals surface area contributed by atoms with Gasteiger partial charge in [0.05, 0.1) is 6.61 Å². The summed E-state index contributed by atoms with van der Waals surface area (Å²) in [5.74, 6) is 0.935. The molecule has 0 spiro atoms. The van der Waals surface area contributed by atoms with Crippen LogP contribution in [-0.2, 0) is 0 Å². The quantitative estimate of drug-likeness (QED) is 0.835. The molecular formula is C17H29N3O. The molecule has 0 aromatic heterocycles. The smallest absolute Gasteiger partial charge is 0.119 e. The van der Waals surface area contributed by atoms with Gasteiger partial charge >= 0.3 is 0 Å². The summed E-state index contributed by atoms with van der Waals surface area (Å²) in [4.78, 5) is 4.96. The standard InChI is InChI=1S/C17H29N3O/c1-3-13-21-16-7-5-15(6-8-16)17(18)14-20-11-9-19(4-2)10-12-20/h5-8,17H,3-4,9-14,18H2,1-2H3. The SMILES string of the molecule is CCCOc1ccc(C(N)CN2CCN(CC)CC2)cc1. The highest BCUT2D eigenvalue weighted by atomic mass is 16.5. The second-order valence-electron chi connectivity index (χ2n) is 5.76. The molecule has 1 saturated heterocycles. The summed E-state index contributed by atoms with van der Waals surface area (Å²) < 4.78 is 5.61. The van der Waals surface area contributed by atoms with Gasteiger partial charge in [0.1, 0.15) is 5.75 Å². The van der Waals surface area contributed by atoms with Crippen LogP contribution >= 0.6 is 0 Å². The van der Waals surface area contributed by atoms with Crippen LogP contribution in [0.4, 0.5) is 0 Å². The van der Waals surface area contributed by atoms with E-state index >= 15 is 0 Å². The van der Waals surface area contributed by atoms with E-state index in [0.717, 1.165) is 58.0 Å². The van der Waals surface area contributed by atoms with Gasteiger partial charge in [0, 0.05) is 38.8 Å². The first kappa shape index (κ1) is 16.3. The molecule has 0 bridgehead atoms. The van der Waals surface area contributed by atoms with Crippen molar-refractivity contribution in [1.29, 1.82) is 0 Å². The van der Waals surface area contributed by atoms with E-state index in [1.807, 2.05) is 12.1 Å². The van der Waals surface area contributed by atoms with Crippen molar-refractivity contribution in [2.45, 2.75) is 26.3 Å². The lowest BCUT2D eigenvalue weighted by Gasteiger charge is -2.35. The van der Waals surface area contributed by atoms with Crippen LogP contribution in [0.2, 0.25) is 0 Å². The van der Waals surface area contributed by atoms with E-state index in [0.29, 0.717) is 0 Å². The Balaban J connectivity index is 1.81. The molecule has 0 radical (unpaired) electrons. The Labute approximate surface area is 128 Å². The van der Waals surface area contributed by atoms with Gasteiger partial charge in [0.15, 0.2) is 0 Å². The number of benzene rings is 1. The Bertz CT molecular complexity index is 399. The maximum atomic E-state index is 6.35. The summed E-state index contributed by atoms with van der Waals surface area (Å²) in [7, 11) is 0. The number of hydrogen-bond acceptors (Lipinski definition) is 4. The zero-order chi connectivity index (χ0) is 15.1. The van der Waals surface area contributed by atoms with E-state index in [9.17, 15) is 0 Å². The Hall–Kier alpha value is -1.10. The van der Waals surface area contributed by atoms with Crippen molar-refractivity contribution in [2.75, 3.05) is 45.9 Å². The van der Waals surface area contributed by atoms with Crippen LogP contribution in [0.3, 0.4) is 0 Å². The molecule has 118 valence electrons.